The highest BCUT2D eigenvalue weighted by molar-refractivity contribution is 7.13. The van der Waals surface area contributed by atoms with E-state index in [0.717, 1.165) is 17.2 Å². The lowest BCUT2D eigenvalue weighted by atomic mass is 10.0. The van der Waals surface area contributed by atoms with Gasteiger partial charge in [-0.25, -0.2) is 9.97 Å². The van der Waals surface area contributed by atoms with E-state index in [4.69, 9.17) is 5.73 Å². The van der Waals surface area contributed by atoms with E-state index >= 15 is 0 Å². The molecule has 1 unspecified atom stereocenters. The zero-order chi connectivity index (χ0) is 13.0. The average Bonchev–Trinajstić information content (AvgIpc) is 2.78. The molecule has 0 aliphatic carbocycles. The Hall–Kier alpha value is -1.53. The molecule has 0 bridgehead atoms. The second-order valence-electron chi connectivity index (χ2n) is 4.53. The number of thiazole rings is 1. The highest BCUT2D eigenvalue weighted by atomic mass is 32.1. The third-order valence-electron chi connectivity index (χ3n) is 2.43. The molecule has 0 amide bonds. The van der Waals surface area contributed by atoms with Crippen molar-refractivity contribution in [3.8, 4) is 0 Å². The average molecular weight is 263 g/mol. The highest BCUT2D eigenvalue weighted by Gasteiger charge is 2.12. The Morgan fingerprint density at radius 1 is 1.39 bits per heavy atom. The van der Waals surface area contributed by atoms with Gasteiger partial charge in [0.05, 0.1) is 11.9 Å². The van der Waals surface area contributed by atoms with Crippen LogP contribution in [0.15, 0.2) is 24.0 Å². The maximum Gasteiger partial charge on any atom is 0.188 e. The smallest absolute Gasteiger partial charge is 0.188 e. The van der Waals surface area contributed by atoms with Gasteiger partial charge in [-0.2, -0.15) is 0 Å². The fraction of sp³-hybridized carbons (Fsp3) is 0.417. The SMILES string of the molecule is CC(C)CC(N)c1csc(Nc2cnccn2)n1. The second kappa shape index (κ2) is 5.88. The number of nitrogens with zero attached hydrogens (tertiary/aromatic N) is 3. The minimum absolute atomic E-state index is 0.00124. The Morgan fingerprint density at radius 2 is 2.22 bits per heavy atom. The molecular formula is C12H17N5S. The lowest BCUT2D eigenvalue weighted by Crippen LogP contribution is -2.13. The first kappa shape index (κ1) is 12.9. The molecule has 96 valence electrons. The third kappa shape index (κ3) is 3.48. The summed E-state index contributed by atoms with van der Waals surface area (Å²) in [7, 11) is 0. The summed E-state index contributed by atoms with van der Waals surface area (Å²) in [5, 5.41) is 5.90. The number of hydrogen-bond donors (Lipinski definition) is 2. The van der Waals surface area contributed by atoms with E-state index in [1.165, 1.54) is 11.3 Å². The van der Waals surface area contributed by atoms with Crippen molar-refractivity contribution < 1.29 is 0 Å². The molecule has 2 heterocycles. The molecule has 6 heteroatoms. The van der Waals surface area contributed by atoms with Crippen LogP contribution < -0.4 is 11.1 Å². The van der Waals surface area contributed by atoms with Crippen molar-refractivity contribution >= 4 is 22.3 Å². The Bertz CT molecular complexity index is 482. The van der Waals surface area contributed by atoms with Gasteiger partial charge in [0.25, 0.3) is 0 Å². The normalized spacial score (nSPS) is 12.7. The van der Waals surface area contributed by atoms with E-state index in [9.17, 15) is 0 Å². The summed E-state index contributed by atoms with van der Waals surface area (Å²) in [6.45, 7) is 4.32. The predicted octanol–water partition coefficient (Wildman–Crippen LogP) is 2.72. The maximum atomic E-state index is 6.09. The van der Waals surface area contributed by atoms with Crippen LogP contribution in [0.2, 0.25) is 0 Å². The minimum Gasteiger partial charge on any atom is -0.323 e. The standard InChI is InChI=1S/C12H17N5S/c1-8(2)5-9(13)10-7-18-12(16-10)17-11-6-14-3-4-15-11/h3-4,6-9H,5,13H2,1-2H3,(H,15,16,17). The quantitative estimate of drug-likeness (QED) is 0.867. The molecule has 2 aromatic rings. The van der Waals surface area contributed by atoms with E-state index in [-0.39, 0.29) is 6.04 Å². The van der Waals surface area contributed by atoms with Crippen molar-refractivity contribution in [2.45, 2.75) is 26.3 Å². The second-order valence-corrected chi connectivity index (χ2v) is 5.39. The van der Waals surface area contributed by atoms with Crippen LogP contribution in [0, 0.1) is 5.92 Å². The molecule has 0 fully saturated rings. The molecule has 0 radical (unpaired) electrons. The van der Waals surface area contributed by atoms with Crippen LogP contribution in [-0.4, -0.2) is 15.0 Å². The molecule has 0 saturated carbocycles. The van der Waals surface area contributed by atoms with E-state index in [1.807, 2.05) is 5.38 Å². The number of nitrogens with one attached hydrogen (secondary N) is 1. The zero-order valence-electron chi connectivity index (χ0n) is 10.5. The van der Waals surface area contributed by atoms with Gasteiger partial charge in [0.1, 0.15) is 0 Å². The first-order valence-electron chi connectivity index (χ1n) is 5.89. The molecule has 0 aromatic carbocycles. The molecule has 1 atom stereocenters. The number of nitrogens with two attached hydrogens (primary N) is 1. The first-order valence-corrected chi connectivity index (χ1v) is 6.77. The van der Waals surface area contributed by atoms with Gasteiger partial charge < -0.3 is 11.1 Å². The van der Waals surface area contributed by atoms with Crippen molar-refractivity contribution in [2.75, 3.05) is 5.32 Å². The molecule has 2 rings (SSSR count). The summed E-state index contributed by atoms with van der Waals surface area (Å²) in [5.41, 5.74) is 7.02. The van der Waals surface area contributed by atoms with Gasteiger partial charge in [0.15, 0.2) is 10.9 Å². The molecular weight excluding hydrogens is 246 g/mol. The number of anilines is 2. The fourth-order valence-electron chi connectivity index (χ4n) is 1.62. The Kier molecular flexibility index (Phi) is 4.22. The summed E-state index contributed by atoms with van der Waals surface area (Å²) in [5.74, 6) is 1.26. The third-order valence-corrected chi connectivity index (χ3v) is 3.20. The van der Waals surface area contributed by atoms with Crippen LogP contribution in [0.4, 0.5) is 10.9 Å². The van der Waals surface area contributed by atoms with E-state index < -0.39 is 0 Å². The predicted molar refractivity (Wildman–Crippen MR) is 73.8 cm³/mol. The van der Waals surface area contributed by atoms with E-state index in [1.54, 1.807) is 18.6 Å². The van der Waals surface area contributed by atoms with Gasteiger partial charge in [-0.05, 0) is 12.3 Å². The van der Waals surface area contributed by atoms with Crippen molar-refractivity contribution in [3.05, 3.63) is 29.7 Å². The number of aromatic nitrogens is 3. The Labute approximate surface area is 111 Å². The van der Waals surface area contributed by atoms with Crippen LogP contribution in [0.25, 0.3) is 0 Å². The zero-order valence-corrected chi connectivity index (χ0v) is 11.3. The van der Waals surface area contributed by atoms with Gasteiger partial charge in [0, 0.05) is 23.8 Å². The molecule has 0 aliphatic heterocycles. The first-order chi connectivity index (χ1) is 8.65. The van der Waals surface area contributed by atoms with Gasteiger partial charge in [-0.1, -0.05) is 13.8 Å². The molecule has 0 aliphatic rings. The molecule has 0 spiro atoms. The van der Waals surface area contributed by atoms with Crippen molar-refractivity contribution in [1.82, 2.24) is 15.0 Å². The molecule has 18 heavy (non-hydrogen) atoms. The summed E-state index contributed by atoms with van der Waals surface area (Å²) in [6, 6.07) is -0.00124. The molecule has 5 nitrogen and oxygen atoms in total. The summed E-state index contributed by atoms with van der Waals surface area (Å²) >= 11 is 1.53. The largest absolute Gasteiger partial charge is 0.323 e. The highest BCUT2D eigenvalue weighted by Crippen LogP contribution is 2.25. The maximum absolute atomic E-state index is 6.09. The van der Waals surface area contributed by atoms with Gasteiger partial charge in [-0.15, -0.1) is 11.3 Å². The summed E-state index contributed by atoms with van der Waals surface area (Å²) in [6.07, 6.45) is 5.88. The lowest BCUT2D eigenvalue weighted by Gasteiger charge is -2.10. The van der Waals surface area contributed by atoms with Crippen LogP contribution in [-0.2, 0) is 0 Å². The Morgan fingerprint density at radius 3 is 2.89 bits per heavy atom. The number of hydrogen-bond acceptors (Lipinski definition) is 6. The van der Waals surface area contributed by atoms with Crippen LogP contribution in [0.3, 0.4) is 0 Å². The Balaban J connectivity index is 2.02. The summed E-state index contributed by atoms with van der Waals surface area (Å²) in [4.78, 5) is 12.6. The van der Waals surface area contributed by atoms with Gasteiger partial charge in [0.2, 0.25) is 0 Å². The fourth-order valence-corrected chi connectivity index (χ4v) is 2.40. The molecule has 0 saturated heterocycles. The van der Waals surface area contributed by atoms with Crippen LogP contribution >= 0.6 is 11.3 Å². The molecule has 3 N–H and O–H groups in total. The number of rotatable bonds is 5. The van der Waals surface area contributed by atoms with Crippen molar-refractivity contribution in [3.63, 3.8) is 0 Å². The lowest BCUT2D eigenvalue weighted by molar-refractivity contribution is 0.504. The van der Waals surface area contributed by atoms with Crippen molar-refractivity contribution in [1.29, 1.82) is 0 Å². The summed E-state index contributed by atoms with van der Waals surface area (Å²) < 4.78 is 0. The van der Waals surface area contributed by atoms with Crippen LogP contribution in [0.5, 0.6) is 0 Å². The molecule has 2 aromatic heterocycles. The van der Waals surface area contributed by atoms with Crippen molar-refractivity contribution in [2.24, 2.45) is 11.7 Å². The van der Waals surface area contributed by atoms with Gasteiger partial charge >= 0.3 is 0 Å². The van der Waals surface area contributed by atoms with E-state index in [2.05, 4.69) is 34.1 Å². The monoisotopic (exact) mass is 263 g/mol. The van der Waals surface area contributed by atoms with Gasteiger partial charge in [-0.3, -0.25) is 4.98 Å². The van der Waals surface area contributed by atoms with Crippen LogP contribution in [0.1, 0.15) is 32.0 Å². The minimum atomic E-state index is -0.00124. The topological polar surface area (TPSA) is 76.7 Å². The van der Waals surface area contributed by atoms with E-state index in [0.29, 0.717) is 11.7 Å².